The number of hydrogen-bond acceptors (Lipinski definition) is 4. The molecular weight excluding hydrogens is 484 g/mol. The molecule has 1 aliphatic carbocycles. The van der Waals surface area contributed by atoms with Crippen molar-refractivity contribution in [1.29, 1.82) is 0 Å². The van der Waals surface area contributed by atoms with Crippen LogP contribution in [0.2, 0.25) is 0 Å². The molecule has 4 nitrogen and oxygen atoms in total. The number of rotatable bonds is 20. The van der Waals surface area contributed by atoms with Crippen molar-refractivity contribution in [2.24, 2.45) is 0 Å². The Morgan fingerprint density at radius 1 is 0.564 bits per heavy atom. The number of aliphatic hydroxyl groups excluding tert-OH is 2. The molecule has 1 aliphatic rings. The average molecular weight is 539 g/mol. The van der Waals surface area contributed by atoms with E-state index in [1.807, 2.05) is 0 Å². The number of hydrogen-bond donors (Lipinski definition) is 2. The molecule has 0 heterocycles. The molecule has 3 rings (SSSR count). The van der Waals surface area contributed by atoms with Gasteiger partial charge < -0.3 is 19.7 Å². The van der Waals surface area contributed by atoms with E-state index in [-0.39, 0.29) is 0 Å². The molecule has 4 heteroatoms. The summed E-state index contributed by atoms with van der Waals surface area (Å²) in [7, 11) is 0. The van der Waals surface area contributed by atoms with Crippen molar-refractivity contribution < 1.29 is 19.7 Å². The van der Waals surface area contributed by atoms with Gasteiger partial charge in [-0.1, -0.05) is 75.6 Å². The summed E-state index contributed by atoms with van der Waals surface area (Å²) in [4.78, 5) is 0. The first-order valence-electron chi connectivity index (χ1n) is 15.9. The second kappa shape index (κ2) is 19.1. The molecule has 2 aromatic rings. The summed E-state index contributed by atoms with van der Waals surface area (Å²) < 4.78 is 12.1. The monoisotopic (exact) mass is 538 g/mol. The normalized spacial score (nSPS) is 17.3. The van der Waals surface area contributed by atoms with Crippen molar-refractivity contribution >= 4 is 0 Å². The highest BCUT2D eigenvalue weighted by Gasteiger charge is 2.24. The summed E-state index contributed by atoms with van der Waals surface area (Å²) in [5.74, 6) is 3.33. The summed E-state index contributed by atoms with van der Waals surface area (Å²) in [6.45, 7) is 4.40. The van der Waals surface area contributed by atoms with E-state index >= 15 is 0 Å². The molecule has 218 valence electrons. The van der Waals surface area contributed by atoms with Gasteiger partial charge in [-0.15, -0.1) is 0 Å². The number of aryl methyl sites for hydroxylation is 1. The maximum absolute atomic E-state index is 8.85. The summed E-state index contributed by atoms with van der Waals surface area (Å²) in [5, 5.41) is 17.7. The smallest absolute Gasteiger partial charge is 0.122 e. The quantitative estimate of drug-likeness (QED) is 0.165. The molecule has 0 radical (unpaired) electrons. The highest BCUT2D eigenvalue weighted by Crippen LogP contribution is 2.41. The summed E-state index contributed by atoms with van der Waals surface area (Å²) >= 11 is 0. The third-order valence-corrected chi connectivity index (χ3v) is 8.38. The predicted octanol–water partition coefficient (Wildman–Crippen LogP) is 8.86. The maximum Gasteiger partial charge on any atom is 0.122 e. The van der Waals surface area contributed by atoms with Crippen LogP contribution < -0.4 is 9.47 Å². The van der Waals surface area contributed by atoms with Crippen molar-refractivity contribution in [2.45, 2.75) is 121 Å². The van der Waals surface area contributed by atoms with Gasteiger partial charge in [0.05, 0.1) is 13.2 Å². The van der Waals surface area contributed by atoms with E-state index in [0.717, 1.165) is 63.2 Å². The van der Waals surface area contributed by atoms with Crippen LogP contribution in [0.15, 0.2) is 42.5 Å². The van der Waals surface area contributed by atoms with Crippen LogP contribution in [-0.2, 0) is 0 Å². The van der Waals surface area contributed by atoms with Gasteiger partial charge in [-0.05, 0) is 105 Å². The van der Waals surface area contributed by atoms with Gasteiger partial charge in [0.2, 0.25) is 0 Å². The largest absolute Gasteiger partial charge is 0.494 e. The summed E-state index contributed by atoms with van der Waals surface area (Å²) in [6, 6.07) is 15.7. The lowest BCUT2D eigenvalue weighted by Crippen LogP contribution is -2.12. The molecule has 0 bridgehead atoms. The van der Waals surface area contributed by atoms with Crippen molar-refractivity contribution in [3.63, 3.8) is 0 Å². The SMILES string of the molecule is Cc1cc(C2CCC(c3ccc(OCCCCCCCCO)cc3)CC2)ccc1OCCCCCCCCO. The lowest BCUT2D eigenvalue weighted by molar-refractivity contribution is 0.280. The van der Waals surface area contributed by atoms with Crippen LogP contribution in [0.1, 0.15) is 131 Å². The zero-order valence-electron chi connectivity index (χ0n) is 24.5. The van der Waals surface area contributed by atoms with Crippen LogP contribution in [0, 0.1) is 6.92 Å². The molecule has 1 fully saturated rings. The minimum atomic E-state index is 0.318. The fourth-order valence-electron chi connectivity index (χ4n) is 5.90. The Bertz CT molecular complexity index is 886. The molecule has 1 saturated carbocycles. The molecule has 0 unspecified atom stereocenters. The van der Waals surface area contributed by atoms with E-state index in [9.17, 15) is 0 Å². The van der Waals surface area contributed by atoms with E-state index in [1.54, 1.807) is 0 Å². The van der Waals surface area contributed by atoms with Crippen LogP contribution in [0.25, 0.3) is 0 Å². The van der Waals surface area contributed by atoms with Crippen molar-refractivity contribution in [2.75, 3.05) is 26.4 Å². The molecule has 0 aliphatic heterocycles. The van der Waals surface area contributed by atoms with Crippen molar-refractivity contribution in [1.82, 2.24) is 0 Å². The van der Waals surface area contributed by atoms with Crippen LogP contribution in [-0.4, -0.2) is 36.6 Å². The maximum atomic E-state index is 8.85. The molecular formula is C35H54O4. The third kappa shape index (κ3) is 11.9. The second-order valence-electron chi connectivity index (χ2n) is 11.5. The van der Waals surface area contributed by atoms with E-state index in [4.69, 9.17) is 19.7 Å². The Kier molecular flexibility index (Phi) is 15.4. The Morgan fingerprint density at radius 2 is 1.03 bits per heavy atom. The van der Waals surface area contributed by atoms with Gasteiger partial charge in [-0.2, -0.15) is 0 Å². The minimum Gasteiger partial charge on any atom is -0.494 e. The third-order valence-electron chi connectivity index (χ3n) is 8.38. The number of unbranched alkanes of at least 4 members (excludes halogenated alkanes) is 10. The first-order valence-corrected chi connectivity index (χ1v) is 15.9. The van der Waals surface area contributed by atoms with Gasteiger partial charge in [-0.25, -0.2) is 0 Å². The Labute approximate surface area is 238 Å². The summed E-state index contributed by atoms with van der Waals surface area (Å²) in [6.07, 6.45) is 18.6. The van der Waals surface area contributed by atoms with Gasteiger partial charge in [0.15, 0.2) is 0 Å². The van der Waals surface area contributed by atoms with Gasteiger partial charge in [-0.3, -0.25) is 0 Å². The molecule has 2 aromatic carbocycles. The fraction of sp³-hybridized carbons (Fsp3) is 0.657. The lowest BCUT2D eigenvalue weighted by atomic mass is 9.76. The second-order valence-corrected chi connectivity index (χ2v) is 11.5. The first-order chi connectivity index (χ1) is 19.2. The van der Waals surface area contributed by atoms with Crippen LogP contribution >= 0.6 is 0 Å². The van der Waals surface area contributed by atoms with Gasteiger partial charge >= 0.3 is 0 Å². The lowest BCUT2D eigenvalue weighted by Gasteiger charge is -2.29. The van der Waals surface area contributed by atoms with Gasteiger partial charge in [0.1, 0.15) is 11.5 Å². The zero-order valence-corrected chi connectivity index (χ0v) is 24.5. The van der Waals surface area contributed by atoms with E-state index < -0.39 is 0 Å². The molecule has 0 aromatic heterocycles. The molecule has 0 spiro atoms. The molecule has 0 saturated heterocycles. The number of aliphatic hydroxyl groups is 2. The summed E-state index contributed by atoms with van der Waals surface area (Å²) in [5.41, 5.74) is 4.19. The number of benzene rings is 2. The molecule has 0 atom stereocenters. The van der Waals surface area contributed by atoms with Gasteiger partial charge in [0.25, 0.3) is 0 Å². The van der Waals surface area contributed by atoms with E-state index in [1.165, 1.54) is 80.9 Å². The average Bonchev–Trinajstić information content (AvgIpc) is 2.97. The van der Waals surface area contributed by atoms with Gasteiger partial charge in [0, 0.05) is 13.2 Å². The molecule has 39 heavy (non-hydrogen) atoms. The number of ether oxygens (including phenoxy) is 2. The van der Waals surface area contributed by atoms with Crippen molar-refractivity contribution in [3.05, 3.63) is 59.2 Å². The Balaban J connectivity index is 1.32. The minimum absolute atomic E-state index is 0.318. The highest BCUT2D eigenvalue weighted by molar-refractivity contribution is 5.38. The van der Waals surface area contributed by atoms with E-state index in [0.29, 0.717) is 25.0 Å². The first kappa shape index (κ1) is 31.5. The van der Waals surface area contributed by atoms with E-state index in [2.05, 4.69) is 49.4 Å². The highest BCUT2D eigenvalue weighted by atomic mass is 16.5. The zero-order chi connectivity index (χ0) is 27.5. The Hall–Kier alpha value is -2.04. The molecule has 2 N–H and O–H groups in total. The fourth-order valence-corrected chi connectivity index (χ4v) is 5.90. The molecule has 0 amide bonds. The van der Waals surface area contributed by atoms with Crippen LogP contribution in [0.3, 0.4) is 0 Å². The standard InChI is InChI=1S/C35H54O4/c1-29-28-33(20-23-35(29)39-27-13-9-5-3-7-11-25-37)32-16-14-30(15-17-32)31-18-21-34(22-19-31)38-26-12-8-4-2-6-10-24-36/h18-23,28,30,32,36-37H,2-17,24-27H2,1H3. The van der Waals surface area contributed by atoms with Crippen LogP contribution in [0.4, 0.5) is 0 Å². The topological polar surface area (TPSA) is 58.9 Å². The van der Waals surface area contributed by atoms with Crippen LogP contribution in [0.5, 0.6) is 11.5 Å². The Morgan fingerprint density at radius 3 is 1.56 bits per heavy atom. The predicted molar refractivity (Wildman–Crippen MR) is 162 cm³/mol. The van der Waals surface area contributed by atoms with Crippen molar-refractivity contribution in [3.8, 4) is 11.5 Å².